The summed E-state index contributed by atoms with van der Waals surface area (Å²) in [5.41, 5.74) is 5.26. The molecule has 0 atom stereocenters. The summed E-state index contributed by atoms with van der Waals surface area (Å²) in [5.74, 6) is 5.22. The minimum Gasteiger partial charge on any atom is -0.507 e. The molecule has 0 unspecified atom stereocenters. The summed E-state index contributed by atoms with van der Waals surface area (Å²) < 4.78 is 0. The van der Waals surface area contributed by atoms with Crippen LogP contribution < -0.4 is 9.80 Å². The minimum atomic E-state index is 0. The highest BCUT2D eigenvalue weighted by Gasteiger charge is 2.28. The van der Waals surface area contributed by atoms with Gasteiger partial charge in [0.25, 0.3) is 0 Å². The van der Waals surface area contributed by atoms with Gasteiger partial charge in [0.2, 0.25) is 11.8 Å². The van der Waals surface area contributed by atoms with Crippen molar-refractivity contribution in [2.45, 2.75) is 90.9 Å². The molecule has 2 aromatic heterocycles. The smallest absolute Gasteiger partial charge is 0.222 e. The third-order valence-electron chi connectivity index (χ3n) is 14.3. The van der Waals surface area contributed by atoms with Gasteiger partial charge in [0.05, 0.1) is 22.2 Å². The lowest BCUT2D eigenvalue weighted by atomic mass is 10.0. The molecule has 2 saturated heterocycles. The zero-order chi connectivity index (χ0) is 45.6. The monoisotopic (exact) mass is 924 g/mol. The van der Waals surface area contributed by atoms with Crippen LogP contribution in [0.25, 0.3) is 44.6 Å². The molecule has 67 heavy (non-hydrogen) atoms. The molecule has 0 bridgehead atoms. The zero-order valence-electron chi connectivity index (χ0n) is 39.1. The Balaban J connectivity index is 0.000000179. The summed E-state index contributed by atoms with van der Waals surface area (Å²) in [6.07, 6.45) is 13.9. The van der Waals surface area contributed by atoms with Crippen LogP contribution in [0.15, 0.2) is 84.9 Å². The molecule has 2 N–H and O–H groups in total. The summed E-state index contributed by atoms with van der Waals surface area (Å²) >= 11 is 0. The fourth-order valence-corrected chi connectivity index (χ4v) is 10.4. The fourth-order valence-electron chi connectivity index (χ4n) is 10.4. The molecule has 4 fully saturated rings. The van der Waals surface area contributed by atoms with Gasteiger partial charge in [-0.3, -0.25) is 9.59 Å². The number of aromatic hydroxyl groups is 2. The molecule has 10 rings (SSSR count). The van der Waals surface area contributed by atoms with Crippen LogP contribution in [0.4, 0.5) is 11.6 Å². The first-order chi connectivity index (χ1) is 32.2. The van der Waals surface area contributed by atoms with Crippen molar-refractivity contribution >= 4 is 57.7 Å². The van der Waals surface area contributed by atoms with E-state index in [1.807, 2.05) is 34.1 Å². The molecule has 4 aromatic carbocycles. The molecule has 12 nitrogen and oxygen atoms in total. The Morgan fingerprint density at radius 1 is 0.522 bits per heavy atom. The molecular formula is C54H65ClN8O4. The lowest BCUT2D eigenvalue weighted by Crippen LogP contribution is -2.49. The highest BCUT2D eigenvalue weighted by atomic mass is 35.5. The van der Waals surface area contributed by atoms with Crippen LogP contribution in [0.2, 0.25) is 0 Å². The number of aryl methyl sites for hydroxylation is 2. The Bertz CT molecular complexity index is 2490. The Labute approximate surface area is 400 Å². The number of carbonyl (C=O) groups excluding carboxylic acids is 2. The summed E-state index contributed by atoms with van der Waals surface area (Å²) in [7, 11) is 0. The third-order valence-corrected chi connectivity index (χ3v) is 14.3. The van der Waals surface area contributed by atoms with Gasteiger partial charge < -0.3 is 29.8 Å². The van der Waals surface area contributed by atoms with Gasteiger partial charge in [-0.2, -0.15) is 0 Å². The molecule has 2 aliphatic carbocycles. The largest absolute Gasteiger partial charge is 0.507 e. The van der Waals surface area contributed by atoms with Crippen LogP contribution in [-0.2, 0) is 9.59 Å². The number of para-hydroxylation sites is 2. The molecule has 0 radical (unpaired) electrons. The number of nitrogens with zero attached hydrogens (tertiary/aromatic N) is 8. The molecule has 6 aromatic rings. The van der Waals surface area contributed by atoms with Crippen molar-refractivity contribution in [2.24, 2.45) is 11.8 Å². The first-order valence-corrected chi connectivity index (χ1v) is 24.4. The number of hydrogen-bond acceptors (Lipinski definition) is 10. The number of fused-ring (bicyclic) bond motifs is 2. The van der Waals surface area contributed by atoms with Gasteiger partial charge in [-0.1, -0.05) is 87.8 Å². The molecule has 352 valence electrons. The standard InChI is InChI=1S/2C27H32N4O2.ClH/c2*1-19-10-12-21-23(18-19)28-26(22-8-4-5-9-24(22)32)29-27(21)31-16-14-30(15-17-31)25(33)13-11-20-6-2-3-7-20;/h2*4-5,8-10,12,18,20,32H,2-3,6-7,11,13-17H2,1H3;1H. The molecule has 4 heterocycles. The summed E-state index contributed by atoms with van der Waals surface area (Å²) in [5, 5.41) is 22.8. The van der Waals surface area contributed by atoms with Crippen molar-refractivity contribution < 1.29 is 19.8 Å². The van der Waals surface area contributed by atoms with E-state index >= 15 is 0 Å². The number of aromatic nitrogens is 4. The van der Waals surface area contributed by atoms with Crippen molar-refractivity contribution in [2.75, 3.05) is 62.2 Å². The van der Waals surface area contributed by atoms with E-state index in [1.165, 1.54) is 51.4 Å². The Morgan fingerprint density at radius 2 is 0.896 bits per heavy atom. The van der Waals surface area contributed by atoms with E-state index in [1.54, 1.807) is 24.3 Å². The van der Waals surface area contributed by atoms with Gasteiger partial charge >= 0.3 is 0 Å². The predicted molar refractivity (Wildman–Crippen MR) is 270 cm³/mol. The average molecular weight is 926 g/mol. The molecular weight excluding hydrogens is 860 g/mol. The van der Waals surface area contributed by atoms with Crippen LogP contribution >= 0.6 is 12.4 Å². The zero-order valence-corrected chi connectivity index (χ0v) is 39.9. The Hall–Kier alpha value is -6.01. The van der Waals surface area contributed by atoms with Crippen LogP contribution in [0.3, 0.4) is 0 Å². The van der Waals surface area contributed by atoms with Gasteiger partial charge in [-0.25, -0.2) is 19.9 Å². The number of halogens is 1. The molecule has 0 spiro atoms. The number of carbonyl (C=O) groups is 2. The predicted octanol–water partition coefficient (Wildman–Crippen LogP) is 10.3. The van der Waals surface area contributed by atoms with Crippen LogP contribution in [-0.4, -0.2) is 104 Å². The Morgan fingerprint density at radius 3 is 1.27 bits per heavy atom. The normalized spacial score (nSPS) is 16.9. The second-order valence-corrected chi connectivity index (χ2v) is 18.9. The molecule has 4 aliphatic rings. The van der Waals surface area contributed by atoms with Crippen molar-refractivity contribution in [1.29, 1.82) is 0 Å². The summed E-state index contributed by atoms with van der Waals surface area (Å²) in [4.78, 5) is 53.4. The Kier molecular flexibility index (Phi) is 15.4. The first-order valence-electron chi connectivity index (χ1n) is 24.4. The van der Waals surface area contributed by atoms with Crippen molar-refractivity contribution in [1.82, 2.24) is 29.7 Å². The maximum atomic E-state index is 12.8. The van der Waals surface area contributed by atoms with E-state index in [0.29, 0.717) is 73.6 Å². The van der Waals surface area contributed by atoms with E-state index in [0.717, 1.165) is 95.4 Å². The maximum Gasteiger partial charge on any atom is 0.222 e. The first kappa shape index (κ1) is 47.5. The van der Waals surface area contributed by atoms with Crippen LogP contribution in [0.1, 0.15) is 88.2 Å². The van der Waals surface area contributed by atoms with Crippen LogP contribution in [0, 0.1) is 25.7 Å². The fraction of sp³-hybridized carbons (Fsp3) is 0.444. The highest BCUT2D eigenvalue weighted by Crippen LogP contribution is 2.35. The SMILES string of the molecule is Cc1ccc2c(N3CCN(C(=O)CCC4CCCC4)CC3)nc(-c3ccccc3O)nc2c1.Cc1ccc2c(N3CCN(C(=O)CCC4CCCC4)CC3)nc(-c3ccccc3O)nc2c1.Cl. The number of anilines is 2. The second kappa shape index (κ2) is 21.7. The highest BCUT2D eigenvalue weighted by molar-refractivity contribution is 5.93. The number of hydrogen-bond donors (Lipinski definition) is 2. The number of amides is 2. The number of phenols is 2. The molecule has 2 aliphatic heterocycles. The number of phenolic OH excluding ortho intramolecular Hbond substituents is 2. The lowest BCUT2D eigenvalue weighted by molar-refractivity contribution is -0.132. The number of rotatable bonds is 10. The van der Waals surface area contributed by atoms with Crippen molar-refractivity contribution in [3.63, 3.8) is 0 Å². The van der Waals surface area contributed by atoms with Gasteiger partial charge in [0.1, 0.15) is 23.1 Å². The minimum absolute atomic E-state index is 0. The number of benzene rings is 4. The maximum absolute atomic E-state index is 12.8. The molecule has 2 saturated carbocycles. The second-order valence-electron chi connectivity index (χ2n) is 18.9. The summed E-state index contributed by atoms with van der Waals surface area (Å²) in [6, 6.07) is 26.8. The van der Waals surface area contributed by atoms with Crippen LogP contribution in [0.5, 0.6) is 11.5 Å². The third kappa shape index (κ3) is 11.2. The summed E-state index contributed by atoms with van der Waals surface area (Å²) in [6.45, 7) is 9.95. The van der Waals surface area contributed by atoms with Crippen molar-refractivity contribution in [3.05, 3.63) is 96.1 Å². The molecule has 2 amide bonds. The van der Waals surface area contributed by atoms with E-state index in [4.69, 9.17) is 19.9 Å². The van der Waals surface area contributed by atoms with Crippen molar-refractivity contribution in [3.8, 4) is 34.3 Å². The van der Waals surface area contributed by atoms with Gasteiger partial charge in [0.15, 0.2) is 11.6 Å². The topological polar surface area (TPSA) is 139 Å². The van der Waals surface area contributed by atoms with E-state index < -0.39 is 0 Å². The van der Waals surface area contributed by atoms with E-state index in [-0.39, 0.29) is 23.9 Å². The number of piperazine rings is 2. The van der Waals surface area contributed by atoms with E-state index in [9.17, 15) is 19.8 Å². The van der Waals surface area contributed by atoms with E-state index in [2.05, 4.69) is 60.0 Å². The molecule has 13 heteroatoms. The lowest BCUT2D eigenvalue weighted by Gasteiger charge is -2.36. The van der Waals surface area contributed by atoms with Gasteiger partial charge in [-0.05, 0) is 98.2 Å². The average Bonchev–Trinajstić information content (AvgIpc) is 4.08. The quantitative estimate of drug-likeness (QED) is 0.137. The van der Waals surface area contributed by atoms with Gasteiger partial charge in [0, 0.05) is 76.0 Å². The van der Waals surface area contributed by atoms with Gasteiger partial charge in [-0.15, -0.1) is 12.4 Å².